The summed E-state index contributed by atoms with van der Waals surface area (Å²) in [5, 5.41) is 2.73. The van der Waals surface area contributed by atoms with Crippen LogP contribution in [0, 0.1) is 5.92 Å². The second kappa shape index (κ2) is 6.30. The average molecular weight is 338 g/mol. The summed E-state index contributed by atoms with van der Waals surface area (Å²) in [6.07, 6.45) is 0.905. The molecule has 0 bridgehead atoms. The van der Waals surface area contributed by atoms with Crippen LogP contribution >= 0.6 is 22.3 Å². The Hall–Kier alpha value is -0.820. The minimum atomic E-state index is -3.98. The number of amides is 1. The molecule has 1 aromatic carbocycles. The molecule has 0 aromatic heterocycles. The smallest absolute Gasteiger partial charge is 0.262 e. The molecule has 1 saturated heterocycles. The Morgan fingerprint density at radius 3 is 2.80 bits per heavy atom. The van der Waals surface area contributed by atoms with E-state index in [0.717, 1.165) is 6.42 Å². The number of nitrogens with one attached hydrogen (secondary N) is 1. The van der Waals surface area contributed by atoms with Gasteiger partial charge in [0.05, 0.1) is 11.6 Å². The fraction of sp³-hybridized carbons (Fsp3) is 0.417. The predicted molar refractivity (Wildman–Crippen MR) is 75.8 cm³/mol. The number of ether oxygens (including phenoxy) is 1. The number of carbonyl (C=O) groups excluding carboxylic acids is 1. The normalized spacial score (nSPS) is 19.0. The van der Waals surface area contributed by atoms with E-state index in [4.69, 9.17) is 27.0 Å². The molecule has 0 spiro atoms. The van der Waals surface area contributed by atoms with Crippen LogP contribution in [0.25, 0.3) is 0 Å². The van der Waals surface area contributed by atoms with Crippen molar-refractivity contribution in [1.82, 2.24) is 5.32 Å². The average Bonchev–Trinajstić information content (AvgIpc) is 2.88. The van der Waals surface area contributed by atoms with Crippen molar-refractivity contribution < 1.29 is 17.9 Å². The zero-order chi connectivity index (χ0) is 14.8. The first-order chi connectivity index (χ1) is 9.38. The maximum atomic E-state index is 12.0. The summed E-state index contributed by atoms with van der Waals surface area (Å²) >= 11 is 5.75. The molecule has 1 atom stereocenters. The monoisotopic (exact) mass is 337 g/mol. The van der Waals surface area contributed by atoms with Crippen LogP contribution in [0.4, 0.5) is 0 Å². The van der Waals surface area contributed by atoms with E-state index >= 15 is 0 Å². The number of hydrogen-bond donors (Lipinski definition) is 1. The number of hydrogen-bond acceptors (Lipinski definition) is 4. The van der Waals surface area contributed by atoms with Crippen LogP contribution in [0.1, 0.15) is 16.8 Å². The van der Waals surface area contributed by atoms with Gasteiger partial charge in [-0.25, -0.2) is 8.42 Å². The minimum Gasteiger partial charge on any atom is -0.381 e. The highest BCUT2D eigenvalue weighted by Gasteiger charge is 2.19. The van der Waals surface area contributed by atoms with E-state index in [-0.39, 0.29) is 21.4 Å². The van der Waals surface area contributed by atoms with Gasteiger partial charge in [0.15, 0.2) is 0 Å². The Balaban J connectivity index is 2.10. The molecule has 1 aliphatic rings. The SMILES string of the molecule is O=C(NCC1CCOC1)c1ccc(Cl)c(S(=O)(=O)Cl)c1. The molecule has 5 nitrogen and oxygen atoms in total. The zero-order valence-corrected chi connectivity index (χ0v) is 12.8. The molecule has 2 rings (SSSR count). The van der Waals surface area contributed by atoms with Crippen LogP contribution in [0.2, 0.25) is 5.02 Å². The van der Waals surface area contributed by atoms with Gasteiger partial charge in [-0.2, -0.15) is 0 Å². The number of rotatable bonds is 4. The van der Waals surface area contributed by atoms with E-state index in [1.54, 1.807) is 0 Å². The highest BCUT2D eigenvalue weighted by molar-refractivity contribution is 8.13. The molecule has 20 heavy (non-hydrogen) atoms. The van der Waals surface area contributed by atoms with Gasteiger partial charge in [0, 0.05) is 35.3 Å². The summed E-state index contributed by atoms with van der Waals surface area (Å²) in [7, 11) is 1.28. The van der Waals surface area contributed by atoms with Gasteiger partial charge >= 0.3 is 0 Å². The molecule has 1 N–H and O–H groups in total. The predicted octanol–water partition coefficient (Wildman–Crippen LogP) is 2.03. The first kappa shape index (κ1) is 15.6. The molecule has 1 amide bonds. The molecule has 1 heterocycles. The van der Waals surface area contributed by atoms with Gasteiger partial charge in [-0.05, 0) is 24.6 Å². The topological polar surface area (TPSA) is 72.5 Å². The van der Waals surface area contributed by atoms with Crippen molar-refractivity contribution in [1.29, 1.82) is 0 Å². The maximum absolute atomic E-state index is 12.0. The van der Waals surface area contributed by atoms with Gasteiger partial charge in [0.1, 0.15) is 4.90 Å². The maximum Gasteiger partial charge on any atom is 0.262 e. The Morgan fingerprint density at radius 2 is 2.20 bits per heavy atom. The first-order valence-electron chi connectivity index (χ1n) is 5.98. The minimum absolute atomic E-state index is 0.0132. The van der Waals surface area contributed by atoms with Crippen molar-refractivity contribution in [3.63, 3.8) is 0 Å². The molecule has 0 aliphatic carbocycles. The van der Waals surface area contributed by atoms with Crippen molar-refractivity contribution in [2.45, 2.75) is 11.3 Å². The molecule has 1 unspecified atom stereocenters. The lowest BCUT2D eigenvalue weighted by Gasteiger charge is -2.10. The van der Waals surface area contributed by atoms with E-state index < -0.39 is 9.05 Å². The quantitative estimate of drug-likeness (QED) is 0.853. The van der Waals surface area contributed by atoms with Gasteiger partial charge < -0.3 is 10.1 Å². The van der Waals surface area contributed by atoms with Crippen LogP contribution in [0.5, 0.6) is 0 Å². The van der Waals surface area contributed by atoms with E-state index in [2.05, 4.69) is 5.32 Å². The van der Waals surface area contributed by atoms with E-state index in [0.29, 0.717) is 25.7 Å². The Kier molecular flexibility index (Phi) is 4.90. The van der Waals surface area contributed by atoms with Gasteiger partial charge in [-0.1, -0.05) is 11.6 Å². The lowest BCUT2D eigenvalue weighted by atomic mass is 10.1. The van der Waals surface area contributed by atoms with Gasteiger partial charge in [0.25, 0.3) is 15.0 Å². The summed E-state index contributed by atoms with van der Waals surface area (Å²) < 4.78 is 27.9. The number of halogens is 2. The second-order valence-electron chi connectivity index (χ2n) is 4.52. The standard InChI is InChI=1S/C12H13Cl2NO4S/c13-10-2-1-9(5-11(10)20(14,17)18)12(16)15-6-8-3-4-19-7-8/h1-2,5,8H,3-4,6-7H2,(H,15,16). The van der Waals surface area contributed by atoms with Gasteiger partial charge in [-0.15, -0.1) is 0 Å². The molecular formula is C12H13Cl2NO4S. The number of benzene rings is 1. The molecule has 8 heteroatoms. The third-order valence-electron chi connectivity index (χ3n) is 3.03. The molecular weight excluding hydrogens is 325 g/mol. The van der Waals surface area contributed by atoms with E-state index in [1.165, 1.54) is 18.2 Å². The highest BCUT2D eigenvalue weighted by atomic mass is 35.7. The van der Waals surface area contributed by atoms with Crippen molar-refractivity contribution in [2.75, 3.05) is 19.8 Å². The summed E-state index contributed by atoms with van der Waals surface area (Å²) in [6, 6.07) is 3.96. The zero-order valence-electron chi connectivity index (χ0n) is 10.4. The third kappa shape index (κ3) is 3.85. The van der Waals surface area contributed by atoms with Crippen LogP contribution in [-0.4, -0.2) is 34.1 Å². The van der Waals surface area contributed by atoms with Gasteiger partial charge in [-0.3, -0.25) is 4.79 Å². The van der Waals surface area contributed by atoms with Crippen molar-refractivity contribution >= 4 is 37.2 Å². The van der Waals surface area contributed by atoms with Crippen LogP contribution in [0.15, 0.2) is 23.1 Å². The Bertz CT molecular complexity index is 612. The van der Waals surface area contributed by atoms with Crippen LogP contribution < -0.4 is 5.32 Å². The number of carbonyl (C=O) groups is 1. The molecule has 110 valence electrons. The largest absolute Gasteiger partial charge is 0.381 e. The van der Waals surface area contributed by atoms with Crippen molar-refractivity contribution in [3.8, 4) is 0 Å². The molecule has 0 saturated carbocycles. The molecule has 0 radical (unpaired) electrons. The molecule has 1 aromatic rings. The van der Waals surface area contributed by atoms with Crippen molar-refractivity contribution in [3.05, 3.63) is 28.8 Å². The third-order valence-corrected chi connectivity index (χ3v) is 4.83. The Morgan fingerprint density at radius 1 is 1.45 bits per heavy atom. The Labute approximate surface area is 126 Å². The van der Waals surface area contributed by atoms with E-state index in [1.807, 2.05) is 0 Å². The fourth-order valence-electron chi connectivity index (χ4n) is 1.91. The summed E-state index contributed by atoms with van der Waals surface area (Å²) in [4.78, 5) is 11.7. The fourth-order valence-corrected chi connectivity index (χ4v) is 3.41. The second-order valence-corrected chi connectivity index (χ2v) is 7.46. The van der Waals surface area contributed by atoms with E-state index in [9.17, 15) is 13.2 Å². The van der Waals surface area contributed by atoms with Crippen molar-refractivity contribution in [2.24, 2.45) is 5.92 Å². The lowest BCUT2D eigenvalue weighted by molar-refractivity contribution is 0.0945. The lowest BCUT2D eigenvalue weighted by Crippen LogP contribution is -2.29. The molecule has 1 fully saturated rings. The first-order valence-corrected chi connectivity index (χ1v) is 8.67. The summed E-state index contributed by atoms with van der Waals surface area (Å²) in [5.74, 6) is -0.0717. The highest BCUT2D eigenvalue weighted by Crippen LogP contribution is 2.25. The summed E-state index contributed by atoms with van der Waals surface area (Å²) in [5.41, 5.74) is 0.201. The molecule has 1 aliphatic heterocycles. The van der Waals surface area contributed by atoms with Crippen LogP contribution in [-0.2, 0) is 13.8 Å². The van der Waals surface area contributed by atoms with Gasteiger partial charge in [0.2, 0.25) is 0 Å². The summed E-state index contributed by atoms with van der Waals surface area (Å²) in [6.45, 7) is 1.82. The van der Waals surface area contributed by atoms with Crippen LogP contribution in [0.3, 0.4) is 0 Å².